The van der Waals surface area contributed by atoms with E-state index in [-0.39, 0.29) is 0 Å². The monoisotopic (exact) mass is 232 g/mol. The summed E-state index contributed by atoms with van der Waals surface area (Å²) in [5.74, 6) is 0.0716. The molecule has 0 aliphatic heterocycles. The van der Waals surface area contributed by atoms with Crippen LogP contribution in [0, 0.1) is 0 Å². The lowest BCUT2D eigenvalue weighted by Crippen LogP contribution is -1.98. The molecule has 0 heterocycles. The van der Waals surface area contributed by atoms with E-state index in [1.54, 1.807) is 23.9 Å². The second-order valence-electron chi connectivity index (χ2n) is 3.40. The fourth-order valence-electron chi connectivity index (χ4n) is 1.76. The van der Waals surface area contributed by atoms with E-state index in [2.05, 4.69) is 6.92 Å². The average Bonchev–Trinajstić information content (AvgIpc) is 2.29. The smallest absolute Gasteiger partial charge is 0.336 e. The molecule has 0 aliphatic rings. The number of fused-ring (bicyclic) bond motifs is 1. The number of rotatable bonds is 3. The number of benzene rings is 2. The molecule has 0 amide bonds. The fraction of sp³-hybridized carbons (Fsp3) is 0.154. The quantitative estimate of drug-likeness (QED) is 0.821. The predicted octanol–water partition coefficient (Wildman–Crippen LogP) is 3.65. The van der Waals surface area contributed by atoms with Crippen LogP contribution in [0.4, 0.5) is 0 Å². The lowest BCUT2D eigenvalue weighted by Gasteiger charge is -2.07. The zero-order valence-electron chi connectivity index (χ0n) is 8.93. The molecule has 0 saturated heterocycles. The minimum Gasteiger partial charge on any atom is -0.478 e. The number of carboxylic acids is 1. The summed E-state index contributed by atoms with van der Waals surface area (Å²) in [4.78, 5) is 12.2. The van der Waals surface area contributed by atoms with Gasteiger partial charge in [-0.1, -0.05) is 31.2 Å². The minimum atomic E-state index is -0.866. The van der Waals surface area contributed by atoms with Crippen molar-refractivity contribution in [3.8, 4) is 0 Å². The van der Waals surface area contributed by atoms with Gasteiger partial charge in [-0.2, -0.15) is 0 Å². The Kier molecular flexibility index (Phi) is 3.15. The molecule has 0 radical (unpaired) electrons. The molecule has 0 aromatic heterocycles. The van der Waals surface area contributed by atoms with E-state index >= 15 is 0 Å². The highest BCUT2D eigenvalue weighted by Crippen LogP contribution is 2.30. The molecule has 0 bridgehead atoms. The molecule has 2 aromatic rings. The second-order valence-corrected chi connectivity index (χ2v) is 4.70. The number of hydrogen-bond acceptors (Lipinski definition) is 2. The Balaban J connectivity index is 2.76. The zero-order valence-corrected chi connectivity index (χ0v) is 9.75. The molecule has 82 valence electrons. The van der Waals surface area contributed by atoms with Crippen molar-refractivity contribution in [2.75, 3.05) is 5.75 Å². The van der Waals surface area contributed by atoms with E-state index < -0.39 is 5.97 Å². The molecule has 3 heteroatoms. The van der Waals surface area contributed by atoms with Gasteiger partial charge in [0.2, 0.25) is 0 Å². The summed E-state index contributed by atoms with van der Waals surface area (Å²) in [5, 5.41) is 11.0. The molecule has 0 aliphatic carbocycles. The third kappa shape index (κ3) is 1.91. The zero-order chi connectivity index (χ0) is 11.5. The lowest BCUT2D eigenvalue weighted by atomic mass is 10.0. The van der Waals surface area contributed by atoms with Crippen molar-refractivity contribution in [1.82, 2.24) is 0 Å². The summed E-state index contributed by atoms with van der Waals surface area (Å²) < 4.78 is 0. The van der Waals surface area contributed by atoms with Crippen molar-refractivity contribution in [3.63, 3.8) is 0 Å². The van der Waals surface area contributed by atoms with Gasteiger partial charge in [-0.05, 0) is 23.3 Å². The van der Waals surface area contributed by atoms with Crippen molar-refractivity contribution >= 4 is 28.5 Å². The largest absolute Gasteiger partial charge is 0.478 e. The fourth-order valence-corrected chi connectivity index (χ4v) is 2.62. The molecule has 0 atom stereocenters. The minimum absolute atomic E-state index is 0.383. The van der Waals surface area contributed by atoms with E-state index in [4.69, 9.17) is 5.11 Å². The van der Waals surface area contributed by atoms with Crippen LogP contribution >= 0.6 is 11.8 Å². The summed E-state index contributed by atoms with van der Waals surface area (Å²) in [5.41, 5.74) is 0.383. The number of carbonyl (C=O) groups is 1. The number of carboxylic acid groups (broad SMARTS) is 1. The van der Waals surface area contributed by atoms with Gasteiger partial charge in [0, 0.05) is 10.3 Å². The number of aromatic carboxylic acids is 1. The van der Waals surface area contributed by atoms with Crippen LogP contribution in [0.1, 0.15) is 17.3 Å². The van der Waals surface area contributed by atoms with Crippen molar-refractivity contribution in [2.45, 2.75) is 11.8 Å². The van der Waals surface area contributed by atoms with Crippen LogP contribution in [0.3, 0.4) is 0 Å². The second kappa shape index (κ2) is 4.58. The van der Waals surface area contributed by atoms with Crippen molar-refractivity contribution in [3.05, 3.63) is 42.0 Å². The maximum Gasteiger partial charge on any atom is 0.336 e. The Morgan fingerprint density at radius 3 is 2.56 bits per heavy atom. The Bertz CT molecular complexity index is 529. The van der Waals surface area contributed by atoms with Crippen LogP contribution in [0.25, 0.3) is 10.8 Å². The van der Waals surface area contributed by atoms with Gasteiger partial charge < -0.3 is 5.11 Å². The Morgan fingerprint density at radius 2 is 1.94 bits per heavy atom. The van der Waals surface area contributed by atoms with Crippen LogP contribution < -0.4 is 0 Å². The Morgan fingerprint density at radius 1 is 1.25 bits per heavy atom. The van der Waals surface area contributed by atoms with Gasteiger partial charge in [0.1, 0.15) is 0 Å². The van der Waals surface area contributed by atoms with E-state index in [9.17, 15) is 4.79 Å². The van der Waals surface area contributed by atoms with Gasteiger partial charge >= 0.3 is 5.97 Å². The van der Waals surface area contributed by atoms with Crippen molar-refractivity contribution < 1.29 is 9.90 Å². The first kappa shape index (κ1) is 11.0. The topological polar surface area (TPSA) is 37.3 Å². The van der Waals surface area contributed by atoms with Gasteiger partial charge in [-0.15, -0.1) is 11.8 Å². The molecule has 2 rings (SSSR count). The molecular weight excluding hydrogens is 220 g/mol. The van der Waals surface area contributed by atoms with Crippen molar-refractivity contribution in [1.29, 1.82) is 0 Å². The summed E-state index contributed by atoms with van der Waals surface area (Å²) in [6.45, 7) is 2.06. The lowest BCUT2D eigenvalue weighted by molar-refractivity contribution is 0.0699. The molecule has 16 heavy (non-hydrogen) atoms. The van der Waals surface area contributed by atoms with Gasteiger partial charge in [-0.25, -0.2) is 4.79 Å². The van der Waals surface area contributed by atoms with E-state index in [1.165, 1.54) is 0 Å². The number of hydrogen-bond donors (Lipinski definition) is 1. The first-order valence-electron chi connectivity index (χ1n) is 5.12. The number of thioether (sulfide) groups is 1. The van der Waals surface area contributed by atoms with Gasteiger partial charge in [0.15, 0.2) is 0 Å². The molecule has 2 aromatic carbocycles. The van der Waals surface area contributed by atoms with Gasteiger partial charge in [0.25, 0.3) is 0 Å². The van der Waals surface area contributed by atoms with Crippen LogP contribution in [0.2, 0.25) is 0 Å². The normalized spacial score (nSPS) is 10.6. The SMILES string of the molecule is CCSc1cccc2cccc(C(=O)O)c12. The molecule has 0 saturated carbocycles. The van der Waals surface area contributed by atoms with E-state index in [0.717, 1.165) is 21.4 Å². The molecule has 2 nitrogen and oxygen atoms in total. The Hall–Kier alpha value is -1.48. The van der Waals surface area contributed by atoms with Crippen molar-refractivity contribution in [2.24, 2.45) is 0 Å². The standard InChI is InChI=1S/C13H12O2S/c1-2-16-11-8-4-6-9-5-3-7-10(12(9)11)13(14)15/h3-8H,2H2,1H3,(H,14,15). The third-order valence-electron chi connectivity index (χ3n) is 2.40. The van der Waals surface area contributed by atoms with Crippen LogP contribution in [0.5, 0.6) is 0 Å². The van der Waals surface area contributed by atoms with Crippen LogP contribution in [-0.2, 0) is 0 Å². The van der Waals surface area contributed by atoms with Crippen LogP contribution in [-0.4, -0.2) is 16.8 Å². The summed E-state index contributed by atoms with van der Waals surface area (Å²) >= 11 is 1.67. The molecule has 0 fully saturated rings. The molecule has 1 N–H and O–H groups in total. The third-order valence-corrected chi connectivity index (χ3v) is 3.34. The first-order valence-corrected chi connectivity index (χ1v) is 6.10. The van der Waals surface area contributed by atoms with E-state index in [1.807, 2.05) is 24.3 Å². The molecular formula is C13H12O2S. The highest BCUT2D eigenvalue weighted by molar-refractivity contribution is 7.99. The van der Waals surface area contributed by atoms with Crippen LogP contribution in [0.15, 0.2) is 41.3 Å². The first-order chi connectivity index (χ1) is 7.74. The molecule has 0 spiro atoms. The molecule has 0 unspecified atom stereocenters. The summed E-state index contributed by atoms with van der Waals surface area (Å²) in [6.07, 6.45) is 0. The maximum atomic E-state index is 11.2. The highest BCUT2D eigenvalue weighted by Gasteiger charge is 2.11. The maximum absolute atomic E-state index is 11.2. The van der Waals surface area contributed by atoms with Gasteiger partial charge in [0.05, 0.1) is 5.56 Å². The predicted molar refractivity (Wildman–Crippen MR) is 67.3 cm³/mol. The summed E-state index contributed by atoms with van der Waals surface area (Å²) in [7, 11) is 0. The highest BCUT2D eigenvalue weighted by atomic mass is 32.2. The van der Waals surface area contributed by atoms with Gasteiger partial charge in [-0.3, -0.25) is 0 Å². The van der Waals surface area contributed by atoms with E-state index in [0.29, 0.717) is 5.56 Å². The summed E-state index contributed by atoms with van der Waals surface area (Å²) in [6, 6.07) is 11.3. The Labute approximate surface area is 98.3 Å². The average molecular weight is 232 g/mol.